The van der Waals surface area contributed by atoms with Crippen LogP contribution in [0.2, 0.25) is 0 Å². The molecule has 1 fully saturated rings. The molecule has 5 heteroatoms. The Kier molecular flexibility index (Phi) is 6.72. The number of carbonyl (C=O) groups is 1. The van der Waals surface area contributed by atoms with Crippen LogP contribution >= 0.6 is 11.3 Å². The van der Waals surface area contributed by atoms with E-state index in [1.807, 2.05) is 24.3 Å². The van der Waals surface area contributed by atoms with E-state index in [0.717, 1.165) is 26.1 Å². The number of nitrogens with one attached hydrogen (secondary N) is 2. The van der Waals surface area contributed by atoms with Gasteiger partial charge in [-0.2, -0.15) is 0 Å². The normalized spacial score (nSPS) is 17.9. The number of rotatable bonds is 8. The van der Waals surface area contributed by atoms with E-state index in [-0.39, 0.29) is 18.0 Å². The summed E-state index contributed by atoms with van der Waals surface area (Å²) >= 11 is 1.71. The number of benzene rings is 2. The molecule has 1 aromatic heterocycles. The summed E-state index contributed by atoms with van der Waals surface area (Å²) in [6.07, 6.45) is 1.01. The molecule has 2 aromatic carbocycles. The predicted octanol–water partition coefficient (Wildman–Crippen LogP) is 3.82. The maximum absolute atomic E-state index is 12.6. The summed E-state index contributed by atoms with van der Waals surface area (Å²) in [5.41, 5.74) is 2.50. The Bertz CT molecular complexity index is 883. The van der Waals surface area contributed by atoms with E-state index >= 15 is 0 Å². The van der Waals surface area contributed by atoms with Crippen molar-refractivity contribution >= 4 is 17.2 Å². The third-order valence-electron chi connectivity index (χ3n) is 5.31. The number of hydrogen-bond acceptors (Lipinski definition) is 4. The van der Waals surface area contributed by atoms with Crippen LogP contribution in [0.1, 0.15) is 28.5 Å². The van der Waals surface area contributed by atoms with Crippen LogP contribution < -0.4 is 10.6 Å². The summed E-state index contributed by atoms with van der Waals surface area (Å²) in [7, 11) is 0. The molecule has 2 heterocycles. The highest BCUT2D eigenvalue weighted by molar-refractivity contribution is 7.10. The summed E-state index contributed by atoms with van der Waals surface area (Å²) in [6.45, 7) is 3.19. The summed E-state index contributed by atoms with van der Waals surface area (Å²) in [5.74, 6) is 0.0639. The van der Waals surface area contributed by atoms with Gasteiger partial charge >= 0.3 is 0 Å². The van der Waals surface area contributed by atoms with Gasteiger partial charge in [0.2, 0.25) is 5.91 Å². The van der Waals surface area contributed by atoms with Gasteiger partial charge in [0.05, 0.1) is 12.6 Å². The maximum atomic E-state index is 12.6. The van der Waals surface area contributed by atoms with Crippen molar-refractivity contribution in [2.24, 2.45) is 0 Å². The molecule has 4 nitrogen and oxygen atoms in total. The molecule has 1 aliphatic heterocycles. The second-order valence-corrected chi connectivity index (χ2v) is 8.49. The van der Waals surface area contributed by atoms with Crippen LogP contribution in [-0.4, -0.2) is 36.5 Å². The smallest absolute Gasteiger partial charge is 0.234 e. The monoisotopic (exact) mass is 405 g/mol. The van der Waals surface area contributed by atoms with Crippen LogP contribution in [0, 0.1) is 0 Å². The van der Waals surface area contributed by atoms with Crippen LogP contribution in [0.5, 0.6) is 0 Å². The zero-order valence-electron chi connectivity index (χ0n) is 16.5. The lowest BCUT2D eigenvalue weighted by Gasteiger charge is -2.20. The zero-order valence-corrected chi connectivity index (χ0v) is 17.3. The Morgan fingerprint density at radius 1 is 1.03 bits per heavy atom. The van der Waals surface area contributed by atoms with Crippen LogP contribution in [0.25, 0.3) is 0 Å². The van der Waals surface area contributed by atoms with E-state index in [2.05, 4.69) is 69.4 Å². The quantitative estimate of drug-likeness (QED) is 0.599. The van der Waals surface area contributed by atoms with Crippen molar-refractivity contribution in [2.45, 2.75) is 25.0 Å². The zero-order chi connectivity index (χ0) is 19.9. The number of hydrogen-bond donors (Lipinski definition) is 2. The predicted molar refractivity (Wildman–Crippen MR) is 119 cm³/mol. The van der Waals surface area contributed by atoms with Crippen molar-refractivity contribution in [1.29, 1.82) is 0 Å². The topological polar surface area (TPSA) is 44.4 Å². The average molecular weight is 406 g/mol. The van der Waals surface area contributed by atoms with Gasteiger partial charge in [0, 0.05) is 30.6 Å². The Balaban J connectivity index is 1.28. The molecular formula is C24H27N3OS. The first kappa shape index (κ1) is 19.8. The fourth-order valence-electron chi connectivity index (χ4n) is 3.89. The molecule has 4 rings (SSSR count). The van der Waals surface area contributed by atoms with Gasteiger partial charge in [0.15, 0.2) is 0 Å². The Morgan fingerprint density at radius 2 is 1.79 bits per heavy atom. The van der Waals surface area contributed by atoms with Gasteiger partial charge in [-0.05, 0) is 29.0 Å². The highest BCUT2D eigenvalue weighted by atomic mass is 32.1. The largest absolute Gasteiger partial charge is 0.351 e. The minimum atomic E-state index is 0.0418. The molecule has 0 bridgehead atoms. The number of amides is 1. The lowest BCUT2D eigenvalue weighted by atomic mass is 10.1. The first-order valence-corrected chi connectivity index (χ1v) is 11.0. The molecular weight excluding hydrogens is 378 g/mol. The first-order valence-electron chi connectivity index (χ1n) is 10.2. The van der Waals surface area contributed by atoms with E-state index in [1.54, 1.807) is 11.3 Å². The van der Waals surface area contributed by atoms with Gasteiger partial charge < -0.3 is 5.32 Å². The molecule has 150 valence electrons. The van der Waals surface area contributed by atoms with E-state index < -0.39 is 0 Å². The highest BCUT2D eigenvalue weighted by Gasteiger charge is 2.24. The van der Waals surface area contributed by atoms with Gasteiger partial charge in [0.25, 0.3) is 0 Å². The Morgan fingerprint density at radius 3 is 2.52 bits per heavy atom. The third kappa shape index (κ3) is 5.54. The molecule has 1 amide bonds. The van der Waals surface area contributed by atoms with Gasteiger partial charge in [-0.3, -0.25) is 15.0 Å². The van der Waals surface area contributed by atoms with E-state index in [4.69, 9.17) is 0 Å². The average Bonchev–Trinajstić information content (AvgIpc) is 3.42. The molecule has 0 spiro atoms. The minimum absolute atomic E-state index is 0.0418. The summed E-state index contributed by atoms with van der Waals surface area (Å²) in [4.78, 5) is 16.2. The summed E-state index contributed by atoms with van der Waals surface area (Å²) in [6, 6.07) is 25.3. The van der Waals surface area contributed by atoms with Crippen LogP contribution in [-0.2, 0) is 11.3 Å². The van der Waals surface area contributed by atoms with Gasteiger partial charge in [-0.25, -0.2) is 0 Å². The lowest BCUT2D eigenvalue weighted by Crippen LogP contribution is -2.42. The molecule has 2 N–H and O–H groups in total. The molecule has 29 heavy (non-hydrogen) atoms. The van der Waals surface area contributed by atoms with Gasteiger partial charge in [0.1, 0.15) is 0 Å². The van der Waals surface area contributed by atoms with Gasteiger partial charge in [-0.15, -0.1) is 11.3 Å². The van der Waals surface area contributed by atoms with Crippen LogP contribution in [0.4, 0.5) is 0 Å². The van der Waals surface area contributed by atoms with Crippen LogP contribution in [0.3, 0.4) is 0 Å². The van der Waals surface area contributed by atoms with E-state index in [1.165, 1.54) is 16.0 Å². The number of nitrogens with zero attached hydrogens (tertiary/aromatic N) is 1. The Labute approximate surface area is 176 Å². The first-order chi connectivity index (χ1) is 14.3. The van der Waals surface area contributed by atoms with Crippen molar-refractivity contribution in [3.8, 4) is 0 Å². The van der Waals surface area contributed by atoms with Crippen molar-refractivity contribution in [2.75, 3.05) is 19.6 Å². The molecule has 0 saturated carbocycles. The molecule has 1 aliphatic rings. The number of thiophene rings is 1. The molecule has 2 atom stereocenters. The summed E-state index contributed by atoms with van der Waals surface area (Å²) in [5, 5.41) is 8.73. The third-order valence-corrected chi connectivity index (χ3v) is 6.25. The fourth-order valence-corrected chi connectivity index (χ4v) is 4.72. The highest BCUT2D eigenvalue weighted by Crippen LogP contribution is 2.25. The van der Waals surface area contributed by atoms with Crippen molar-refractivity contribution in [3.63, 3.8) is 0 Å². The minimum Gasteiger partial charge on any atom is -0.351 e. The maximum Gasteiger partial charge on any atom is 0.234 e. The fraction of sp³-hybridized carbons (Fsp3) is 0.292. The van der Waals surface area contributed by atoms with Crippen molar-refractivity contribution < 1.29 is 4.79 Å². The second kappa shape index (κ2) is 9.83. The SMILES string of the molecule is O=C(CN[C@@H](c1ccccc1)c1cccs1)N[C@H]1CCN(Cc2ccccc2)C1. The molecule has 1 saturated heterocycles. The van der Waals surface area contributed by atoms with Gasteiger partial charge in [-0.1, -0.05) is 66.7 Å². The molecule has 0 unspecified atom stereocenters. The number of carbonyl (C=O) groups excluding carboxylic acids is 1. The van der Waals surface area contributed by atoms with Crippen LogP contribution in [0.15, 0.2) is 78.2 Å². The molecule has 3 aromatic rings. The standard InChI is InChI=1S/C24H27N3OS/c28-23(26-21-13-14-27(18-21)17-19-8-3-1-4-9-19)16-25-24(22-12-7-15-29-22)20-10-5-2-6-11-20/h1-12,15,21,24-25H,13-14,16-18H2,(H,26,28)/t21-,24-/m0/s1. The van der Waals surface area contributed by atoms with Crippen molar-refractivity contribution in [3.05, 3.63) is 94.2 Å². The summed E-state index contributed by atoms with van der Waals surface area (Å²) < 4.78 is 0. The van der Waals surface area contributed by atoms with Crippen molar-refractivity contribution in [1.82, 2.24) is 15.5 Å². The second-order valence-electron chi connectivity index (χ2n) is 7.51. The van der Waals surface area contributed by atoms with E-state index in [0.29, 0.717) is 6.54 Å². The molecule has 0 aliphatic carbocycles. The number of likely N-dealkylation sites (tertiary alicyclic amines) is 1. The Hall–Kier alpha value is -2.47. The van der Waals surface area contributed by atoms with E-state index in [9.17, 15) is 4.79 Å². The molecule has 0 radical (unpaired) electrons. The lowest BCUT2D eigenvalue weighted by molar-refractivity contribution is -0.120.